The van der Waals surface area contributed by atoms with Crippen molar-refractivity contribution in [1.29, 1.82) is 0 Å². The number of hydrogen-bond donors (Lipinski definition) is 1. The largest absolute Gasteiger partial charge is 0.494 e. The van der Waals surface area contributed by atoms with Crippen LogP contribution in [0.15, 0.2) is 71.1 Å². The van der Waals surface area contributed by atoms with Crippen LogP contribution < -0.4 is 10.1 Å². The molecule has 6 heteroatoms. The second kappa shape index (κ2) is 8.14. The van der Waals surface area contributed by atoms with Crippen molar-refractivity contribution in [3.8, 4) is 17.2 Å². The van der Waals surface area contributed by atoms with Crippen LogP contribution in [0, 0.1) is 5.82 Å². The average molecular weight is 390 g/mol. The van der Waals surface area contributed by atoms with E-state index in [2.05, 4.69) is 10.3 Å². The Morgan fingerprint density at radius 2 is 1.93 bits per heavy atom. The van der Waals surface area contributed by atoms with E-state index in [0.29, 0.717) is 40.4 Å². The molecule has 1 N–H and O–H groups in total. The van der Waals surface area contributed by atoms with E-state index in [1.807, 2.05) is 6.92 Å². The molecule has 0 unspecified atom stereocenters. The average Bonchev–Trinajstić information content (AvgIpc) is 3.16. The van der Waals surface area contributed by atoms with Crippen molar-refractivity contribution in [2.45, 2.75) is 13.3 Å². The Labute approximate surface area is 167 Å². The van der Waals surface area contributed by atoms with Crippen LogP contribution in [0.25, 0.3) is 22.6 Å². The molecule has 0 fully saturated rings. The minimum Gasteiger partial charge on any atom is -0.494 e. The predicted molar refractivity (Wildman–Crippen MR) is 110 cm³/mol. The summed E-state index contributed by atoms with van der Waals surface area (Å²) in [5, 5.41) is 2.85. The van der Waals surface area contributed by atoms with Crippen LogP contribution in [0.4, 0.5) is 10.1 Å². The minimum absolute atomic E-state index is 0.236. The smallest absolute Gasteiger partial charge is 0.255 e. The fraction of sp³-hybridized carbons (Fsp3) is 0.130. The number of carbonyl (C=O) groups excluding carboxylic acids is 1. The lowest BCUT2D eigenvalue weighted by atomic mass is 10.2. The number of amides is 1. The molecule has 0 radical (unpaired) electrons. The van der Waals surface area contributed by atoms with Gasteiger partial charge >= 0.3 is 0 Å². The maximum atomic E-state index is 13.4. The molecule has 0 saturated heterocycles. The lowest BCUT2D eigenvalue weighted by Gasteiger charge is -2.07. The summed E-state index contributed by atoms with van der Waals surface area (Å²) >= 11 is 0. The van der Waals surface area contributed by atoms with E-state index in [1.54, 1.807) is 54.6 Å². The zero-order valence-electron chi connectivity index (χ0n) is 15.8. The van der Waals surface area contributed by atoms with Crippen LogP contribution in [-0.2, 0) is 0 Å². The van der Waals surface area contributed by atoms with E-state index < -0.39 is 0 Å². The van der Waals surface area contributed by atoms with Crippen LogP contribution in [0.5, 0.6) is 5.75 Å². The summed E-state index contributed by atoms with van der Waals surface area (Å²) < 4.78 is 24.7. The van der Waals surface area contributed by atoms with Gasteiger partial charge in [0.05, 0.1) is 6.61 Å². The van der Waals surface area contributed by atoms with E-state index in [1.165, 1.54) is 12.1 Å². The van der Waals surface area contributed by atoms with Crippen LogP contribution in [0.3, 0.4) is 0 Å². The number of fused-ring (bicyclic) bond motifs is 1. The van der Waals surface area contributed by atoms with Crippen molar-refractivity contribution < 1.29 is 18.3 Å². The van der Waals surface area contributed by atoms with Gasteiger partial charge < -0.3 is 14.5 Å². The normalized spacial score (nSPS) is 10.8. The molecule has 1 aromatic heterocycles. The van der Waals surface area contributed by atoms with Gasteiger partial charge in [-0.2, -0.15) is 0 Å². The number of nitrogens with zero attached hydrogens (tertiary/aromatic N) is 1. The maximum Gasteiger partial charge on any atom is 0.255 e. The van der Waals surface area contributed by atoms with Gasteiger partial charge in [-0.25, -0.2) is 9.37 Å². The molecule has 3 aromatic carbocycles. The standard InChI is InChI=1S/C23H19FN2O3/c1-2-12-28-19-9-6-15(7-10-19)22(27)25-18-8-11-21-20(14-18)26-23(29-21)16-4-3-5-17(24)13-16/h3-11,13-14H,2,12H2,1H3,(H,25,27). The van der Waals surface area contributed by atoms with Crippen molar-refractivity contribution in [2.24, 2.45) is 0 Å². The van der Waals surface area contributed by atoms with Gasteiger partial charge in [0.1, 0.15) is 17.1 Å². The first-order chi connectivity index (χ1) is 14.1. The summed E-state index contributed by atoms with van der Waals surface area (Å²) in [6.07, 6.45) is 0.924. The molecule has 1 heterocycles. The fourth-order valence-electron chi connectivity index (χ4n) is 2.88. The van der Waals surface area contributed by atoms with Gasteiger partial charge in [0, 0.05) is 16.8 Å². The third kappa shape index (κ3) is 4.27. The molecule has 4 aromatic rings. The number of anilines is 1. The van der Waals surface area contributed by atoms with Crippen molar-refractivity contribution in [3.05, 3.63) is 78.1 Å². The number of aromatic nitrogens is 1. The number of oxazole rings is 1. The Kier molecular flexibility index (Phi) is 5.24. The van der Waals surface area contributed by atoms with Crippen LogP contribution in [0.2, 0.25) is 0 Å². The Morgan fingerprint density at radius 3 is 2.69 bits per heavy atom. The van der Waals surface area contributed by atoms with Crippen molar-refractivity contribution in [3.63, 3.8) is 0 Å². The van der Waals surface area contributed by atoms with Crippen molar-refractivity contribution in [2.75, 3.05) is 11.9 Å². The van der Waals surface area contributed by atoms with Gasteiger partial charge in [-0.3, -0.25) is 4.79 Å². The first-order valence-corrected chi connectivity index (χ1v) is 9.33. The molecule has 0 aliphatic carbocycles. The topological polar surface area (TPSA) is 64.4 Å². The van der Waals surface area contributed by atoms with Gasteiger partial charge in [-0.15, -0.1) is 0 Å². The van der Waals surface area contributed by atoms with Crippen LogP contribution >= 0.6 is 0 Å². The lowest BCUT2D eigenvalue weighted by Crippen LogP contribution is -2.11. The Hall–Kier alpha value is -3.67. The summed E-state index contributed by atoms with van der Waals surface area (Å²) in [5.74, 6) is 0.465. The zero-order chi connectivity index (χ0) is 20.2. The number of halogens is 1. The fourth-order valence-corrected chi connectivity index (χ4v) is 2.88. The summed E-state index contributed by atoms with van der Waals surface area (Å²) in [6.45, 7) is 2.68. The molecule has 5 nitrogen and oxygen atoms in total. The number of carbonyl (C=O) groups is 1. The molecule has 146 valence electrons. The predicted octanol–water partition coefficient (Wildman–Crippen LogP) is 5.68. The van der Waals surface area contributed by atoms with E-state index in [4.69, 9.17) is 9.15 Å². The molecule has 0 bridgehead atoms. The Bertz CT molecular complexity index is 1150. The van der Waals surface area contributed by atoms with E-state index in [0.717, 1.165) is 12.2 Å². The number of hydrogen-bond acceptors (Lipinski definition) is 4. The molecule has 0 aliphatic rings. The highest BCUT2D eigenvalue weighted by Gasteiger charge is 2.11. The number of nitrogens with one attached hydrogen (secondary N) is 1. The SMILES string of the molecule is CCCOc1ccc(C(=O)Nc2ccc3oc(-c4cccc(F)c4)nc3c2)cc1. The van der Waals surface area contributed by atoms with Crippen LogP contribution in [-0.4, -0.2) is 17.5 Å². The number of rotatable bonds is 6. The van der Waals surface area contributed by atoms with Gasteiger partial charge in [0.2, 0.25) is 5.89 Å². The second-order valence-electron chi connectivity index (χ2n) is 6.54. The monoisotopic (exact) mass is 390 g/mol. The molecule has 0 saturated carbocycles. The number of benzene rings is 3. The third-order valence-corrected chi connectivity index (χ3v) is 4.31. The summed E-state index contributed by atoms with van der Waals surface area (Å²) in [4.78, 5) is 16.9. The van der Waals surface area contributed by atoms with Gasteiger partial charge in [0.15, 0.2) is 5.58 Å². The lowest BCUT2D eigenvalue weighted by molar-refractivity contribution is 0.102. The Morgan fingerprint density at radius 1 is 1.10 bits per heavy atom. The van der Waals surface area contributed by atoms with E-state index in [-0.39, 0.29) is 11.7 Å². The van der Waals surface area contributed by atoms with Crippen molar-refractivity contribution in [1.82, 2.24) is 4.98 Å². The van der Waals surface area contributed by atoms with Gasteiger partial charge in [-0.1, -0.05) is 13.0 Å². The summed E-state index contributed by atoms with van der Waals surface area (Å²) in [5.41, 5.74) is 2.80. The molecular weight excluding hydrogens is 371 g/mol. The van der Waals surface area contributed by atoms with E-state index >= 15 is 0 Å². The molecule has 0 spiro atoms. The molecule has 4 rings (SSSR count). The molecule has 1 amide bonds. The van der Waals surface area contributed by atoms with E-state index in [9.17, 15) is 9.18 Å². The highest BCUT2D eigenvalue weighted by atomic mass is 19.1. The molecule has 0 atom stereocenters. The first kappa shape index (κ1) is 18.7. The maximum absolute atomic E-state index is 13.4. The minimum atomic E-state index is -0.358. The summed E-state index contributed by atoms with van der Waals surface area (Å²) in [7, 11) is 0. The molecular formula is C23H19FN2O3. The first-order valence-electron chi connectivity index (χ1n) is 9.33. The third-order valence-electron chi connectivity index (χ3n) is 4.31. The second-order valence-corrected chi connectivity index (χ2v) is 6.54. The van der Waals surface area contributed by atoms with Gasteiger partial charge in [-0.05, 0) is 67.1 Å². The van der Waals surface area contributed by atoms with Crippen LogP contribution in [0.1, 0.15) is 23.7 Å². The summed E-state index contributed by atoms with van der Waals surface area (Å²) in [6, 6.07) is 18.2. The quantitative estimate of drug-likeness (QED) is 0.460. The zero-order valence-corrected chi connectivity index (χ0v) is 15.8. The highest BCUT2D eigenvalue weighted by Crippen LogP contribution is 2.27. The Balaban J connectivity index is 1.51. The molecule has 0 aliphatic heterocycles. The van der Waals surface area contributed by atoms with Crippen molar-refractivity contribution >= 4 is 22.7 Å². The number of ether oxygens (including phenoxy) is 1. The highest BCUT2D eigenvalue weighted by molar-refractivity contribution is 6.05. The van der Waals surface area contributed by atoms with Gasteiger partial charge in [0.25, 0.3) is 5.91 Å². The molecule has 29 heavy (non-hydrogen) atoms.